The summed E-state index contributed by atoms with van der Waals surface area (Å²) in [5.74, 6) is 1.19. The van der Waals surface area contributed by atoms with Gasteiger partial charge in [0.15, 0.2) is 17.2 Å². The number of nitrogens with zero attached hydrogens (tertiary/aromatic N) is 1. The van der Waals surface area contributed by atoms with Gasteiger partial charge in [-0.3, -0.25) is 4.79 Å². The Kier molecular flexibility index (Phi) is 5.25. The summed E-state index contributed by atoms with van der Waals surface area (Å²) in [6, 6.07) is 24.2. The van der Waals surface area contributed by atoms with E-state index in [1.54, 1.807) is 24.3 Å². The number of benzene rings is 3. The Hall–Kier alpha value is -3.83. The summed E-state index contributed by atoms with van der Waals surface area (Å²) in [6.07, 6.45) is 0.574. The van der Waals surface area contributed by atoms with Crippen LogP contribution in [-0.4, -0.2) is 10.9 Å². The lowest BCUT2D eigenvalue weighted by Crippen LogP contribution is -2.10. The Morgan fingerprint density at radius 3 is 2.50 bits per heavy atom. The van der Waals surface area contributed by atoms with Gasteiger partial charge in [-0.15, -0.1) is 0 Å². The highest BCUT2D eigenvalue weighted by Gasteiger charge is 2.13. The first-order valence-electron chi connectivity index (χ1n) is 10.2. The number of amides is 1. The van der Waals surface area contributed by atoms with Crippen LogP contribution < -0.4 is 5.32 Å². The van der Waals surface area contributed by atoms with E-state index in [0.29, 0.717) is 28.8 Å². The Bertz CT molecular complexity index is 1400. The zero-order valence-corrected chi connectivity index (χ0v) is 18.0. The molecule has 0 bridgehead atoms. The summed E-state index contributed by atoms with van der Waals surface area (Å²) >= 11 is 5.92. The number of carbonyl (C=O) groups is 1. The summed E-state index contributed by atoms with van der Waals surface area (Å²) in [4.78, 5) is 17.1. The number of hydrogen-bond acceptors (Lipinski definition) is 4. The van der Waals surface area contributed by atoms with Crippen molar-refractivity contribution in [2.75, 3.05) is 5.32 Å². The van der Waals surface area contributed by atoms with E-state index in [4.69, 9.17) is 20.4 Å². The zero-order chi connectivity index (χ0) is 22.1. The van der Waals surface area contributed by atoms with Gasteiger partial charge >= 0.3 is 0 Å². The van der Waals surface area contributed by atoms with E-state index in [0.717, 1.165) is 27.8 Å². The zero-order valence-electron chi connectivity index (χ0n) is 17.3. The van der Waals surface area contributed by atoms with Gasteiger partial charge in [0.05, 0.1) is 0 Å². The van der Waals surface area contributed by atoms with Crippen molar-refractivity contribution in [1.29, 1.82) is 0 Å². The maximum Gasteiger partial charge on any atom is 0.291 e. The lowest BCUT2D eigenvalue weighted by molar-refractivity contribution is 0.0997. The van der Waals surface area contributed by atoms with Crippen LogP contribution >= 0.6 is 11.6 Å². The molecule has 3 aromatic carbocycles. The van der Waals surface area contributed by atoms with E-state index in [1.165, 1.54) is 0 Å². The molecule has 5 nitrogen and oxygen atoms in total. The fourth-order valence-corrected chi connectivity index (χ4v) is 3.59. The van der Waals surface area contributed by atoms with E-state index >= 15 is 0 Å². The monoisotopic (exact) mass is 442 g/mol. The quantitative estimate of drug-likeness (QED) is 0.321. The molecular weight excluding hydrogens is 424 g/mol. The van der Waals surface area contributed by atoms with Crippen LogP contribution in [-0.2, 0) is 6.42 Å². The number of carbonyl (C=O) groups excluding carboxylic acids is 1. The fraction of sp³-hybridized carbons (Fsp3) is 0.0769. The van der Waals surface area contributed by atoms with Crippen LogP contribution in [0.25, 0.3) is 22.4 Å². The molecule has 0 fully saturated rings. The number of anilines is 1. The molecule has 0 aliphatic rings. The molecule has 0 aliphatic heterocycles. The second kappa shape index (κ2) is 8.36. The lowest BCUT2D eigenvalue weighted by Gasteiger charge is -2.04. The van der Waals surface area contributed by atoms with Crippen molar-refractivity contribution in [1.82, 2.24) is 4.98 Å². The third kappa shape index (κ3) is 4.29. The van der Waals surface area contributed by atoms with Gasteiger partial charge in [0.1, 0.15) is 11.3 Å². The molecule has 1 N–H and O–H groups in total. The number of rotatable bonds is 5. The van der Waals surface area contributed by atoms with E-state index in [9.17, 15) is 4.79 Å². The van der Waals surface area contributed by atoms with Gasteiger partial charge in [-0.05, 0) is 78.7 Å². The molecule has 158 valence electrons. The molecular formula is C26H19ClN2O3. The van der Waals surface area contributed by atoms with Gasteiger partial charge in [0.2, 0.25) is 0 Å². The highest BCUT2D eigenvalue weighted by atomic mass is 35.5. The molecule has 5 aromatic rings. The SMILES string of the molecule is Cc1ccc2oc(Cc3ccc(NC(=O)c4ccc(-c5ccc(Cl)cc5)o4)cc3)nc2c1. The molecule has 0 spiro atoms. The second-order valence-electron chi connectivity index (χ2n) is 7.58. The molecule has 0 radical (unpaired) electrons. The lowest BCUT2D eigenvalue weighted by atomic mass is 10.1. The minimum atomic E-state index is -0.313. The molecule has 5 rings (SSSR count). The summed E-state index contributed by atoms with van der Waals surface area (Å²) in [7, 11) is 0. The third-order valence-electron chi connectivity index (χ3n) is 5.11. The molecule has 0 atom stereocenters. The highest BCUT2D eigenvalue weighted by molar-refractivity contribution is 6.30. The molecule has 0 aliphatic carbocycles. The summed E-state index contributed by atoms with van der Waals surface area (Å²) < 4.78 is 11.5. The van der Waals surface area contributed by atoms with Crippen LogP contribution in [0.4, 0.5) is 5.69 Å². The van der Waals surface area contributed by atoms with E-state index in [2.05, 4.69) is 10.3 Å². The largest absolute Gasteiger partial charge is 0.451 e. The number of aryl methyl sites for hydroxylation is 1. The Balaban J connectivity index is 1.25. The smallest absolute Gasteiger partial charge is 0.291 e. The number of fused-ring (bicyclic) bond motifs is 1. The van der Waals surface area contributed by atoms with Crippen LogP contribution in [0.2, 0.25) is 5.02 Å². The van der Waals surface area contributed by atoms with Crippen molar-refractivity contribution in [3.63, 3.8) is 0 Å². The van der Waals surface area contributed by atoms with Crippen molar-refractivity contribution in [3.8, 4) is 11.3 Å². The predicted molar refractivity (Wildman–Crippen MR) is 125 cm³/mol. The van der Waals surface area contributed by atoms with Crippen LogP contribution in [0.3, 0.4) is 0 Å². The number of nitrogens with one attached hydrogen (secondary N) is 1. The average molecular weight is 443 g/mol. The first-order chi connectivity index (χ1) is 15.5. The molecule has 6 heteroatoms. The third-order valence-corrected chi connectivity index (χ3v) is 5.37. The maximum absolute atomic E-state index is 12.6. The summed E-state index contributed by atoms with van der Waals surface area (Å²) in [6.45, 7) is 2.03. The minimum Gasteiger partial charge on any atom is -0.451 e. The van der Waals surface area contributed by atoms with Gasteiger partial charge in [-0.1, -0.05) is 29.8 Å². The first-order valence-corrected chi connectivity index (χ1v) is 10.5. The van der Waals surface area contributed by atoms with Crippen molar-refractivity contribution in [2.24, 2.45) is 0 Å². The summed E-state index contributed by atoms with van der Waals surface area (Å²) in [5.41, 5.74) is 5.36. The first kappa shape index (κ1) is 20.1. The van der Waals surface area contributed by atoms with Gasteiger partial charge in [0.25, 0.3) is 5.91 Å². The predicted octanol–water partition coefficient (Wildman–Crippen LogP) is 6.89. The number of halogens is 1. The van der Waals surface area contributed by atoms with E-state index in [1.807, 2.05) is 61.5 Å². The van der Waals surface area contributed by atoms with Crippen molar-refractivity contribution >= 4 is 34.3 Å². The molecule has 0 saturated carbocycles. The average Bonchev–Trinajstić information content (AvgIpc) is 3.42. The number of hydrogen-bond donors (Lipinski definition) is 1. The molecule has 2 aromatic heterocycles. The standard InChI is InChI=1S/C26H19ClN2O3/c1-16-2-11-23-21(14-16)29-25(32-23)15-17-3-9-20(10-4-17)28-26(30)24-13-12-22(31-24)18-5-7-19(27)8-6-18/h2-14H,15H2,1H3,(H,28,30). The van der Waals surface area contributed by atoms with E-state index < -0.39 is 0 Å². The maximum atomic E-state index is 12.6. The number of furan rings is 1. The van der Waals surface area contributed by atoms with Crippen LogP contribution in [0.15, 0.2) is 87.7 Å². The Morgan fingerprint density at radius 1 is 0.938 bits per heavy atom. The van der Waals surface area contributed by atoms with Crippen LogP contribution in [0, 0.1) is 6.92 Å². The van der Waals surface area contributed by atoms with Gasteiger partial charge in [-0.2, -0.15) is 0 Å². The van der Waals surface area contributed by atoms with Crippen LogP contribution in [0.5, 0.6) is 0 Å². The summed E-state index contributed by atoms with van der Waals surface area (Å²) in [5, 5.41) is 3.50. The Labute approximate surface area is 189 Å². The molecule has 2 heterocycles. The second-order valence-corrected chi connectivity index (χ2v) is 8.01. The van der Waals surface area contributed by atoms with E-state index in [-0.39, 0.29) is 11.7 Å². The molecule has 1 amide bonds. The minimum absolute atomic E-state index is 0.237. The fourth-order valence-electron chi connectivity index (χ4n) is 3.46. The van der Waals surface area contributed by atoms with Crippen molar-refractivity contribution in [3.05, 3.63) is 107 Å². The molecule has 0 saturated heterocycles. The number of oxazole rings is 1. The molecule has 32 heavy (non-hydrogen) atoms. The van der Waals surface area contributed by atoms with Crippen molar-refractivity contribution in [2.45, 2.75) is 13.3 Å². The topological polar surface area (TPSA) is 68.3 Å². The highest BCUT2D eigenvalue weighted by Crippen LogP contribution is 2.25. The van der Waals surface area contributed by atoms with Gasteiger partial charge in [-0.25, -0.2) is 4.98 Å². The van der Waals surface area contributed by atoms with Crippen LogP contribution in [0.1, 0.15) is 27.6 Å². The normalized spacial score (nSPS) is 11.1. The molecule has 0 unspecified atom stereocenters. The van der Waals surface area contributed by atoms with Crippen molar-refractivity contribution < 1.29 is 13.6 Å². The van der Waals surface area contributed by atoms with Gasteiger partial charge in [0, 0.05) is 22.7 Å². The van der Waals surface area contributed by atoms with Gasteiger partial charge < -0.3 is 14.2 Å². The number of aromatic nitrogens is 1. The Morgan fingerprint density at radius 2 is 1.72 bits per heavy atom.